The smallest absolute Gasteiger partial charge is 0.347 e. The van der Waals surface area contributed by atoms with E-state index in [9.17, 15) is 9.59 Å². The third-order valence-corrected chi connectivity index (χ3v) is 5.29. The number of amides is 1. The summed E-state index contributed by atoms with van der Waals surface area (Å²) >= 11 is 0. The lowest BCUT2D eigenvalue weighted by Crippen LogP contribution is -2.36. The number of fused-ring (bicyclic) bond motifs is 1. The number of oxime groups is 1. The number of esters is 1. The van der Waals surface area contributed by atoms with E-state index in [1.807, 2.05) is 11.0 Å². The van der Waals surface area contributed by atoms with Crippen molar-refractivity contribution in [2.75, 3.05) is 20.0 Å². The average molecular weight is 414 g/mol. The molecule has 0 bridgehead atoms. The number of hydrogen-bond donors (Lipinski definition) is 0. The van der Waals surface area contributed by atoms with Gasteiger partial charge in [0, 0.05) is 17.3 Å². The van der Waals surface area contributed by atoms with Crippen molar-refractivity contribution in [3.63, 3.8) is 0 Å². The quantitative estimate of drug-likeness (QED) is 0.369. The Morgan fingerprint density at radius 3 is 2.77 bits per heavy atom. The van der Waals surface area contributed by atoms with Crippen LogP contribution < -0.4 is 9.47 Å². The van der Waals surface area contributed by atoms with Crippen LogP contribution in [-0.2, 0) is 19.2 Å². The molecule has 0 unspecified atom stereocenters. The lowest BCUT2D eigenvalue weighted by Gasteiger charge is -2.27. The van der Waals surface area contributed by atoms with E-state index in [0.29, 0.717) is 17.2 Å². The van der Waals surface area contributed by atoms with E-state index in [1.54, 1.807) is 19.1 Å². The largest absolute Gasteiger partial charge is 0.454 e. The summed E-state index contributed by atoms with van der Waals surface area (Å²) in [6.07, 6.45) is 8.32. The second-order valence-corrected chi connectivity index (χ2v) is 7.62. The van der Waals surface area contributed by atoms with Crippen molar-refractivity contribution in [1.82, 2.24) is 4.90 Å². The SMILES string of the molecule is C/C(=N\OCC(=O)OCC(=O)N(C1=CCCCC1)C1CC1)c1ccc2c(c1)OCO2. The molecule has 30 heavy (non-hydrogen) atoms. The molecular formula is C22H26N2O6. The summed E-state index contributed by atoms with van der Waals surface area (Å²) in [7, 11) is 0. The highest BCUT2D eigenvalue weighted by Gasteiger charge is 2.35. The summed E-state index contributed by atoms with van der Waals surface area (Å²) in [5.41, 5.74) is 2.45. The fraction of sp³-hybridized carbons (Fsp3) is 0.500. The lowest BCUT2D eigenvalue weighted by atomic mass is 10.0. The molecule has 4 rings (SSSR count). The van der Waals surface area contributed by atoms with E-state index in [0.717, 1.165) is 49.8 Å². The zero-order valence-corrected chi connectivity index (χ0v) is 17.1. The number of allylic oxidation sites excluding steroid dienone is 2. The maximum Gasteiger partial charge on any atom is 0.347 e. The molecule has 0 saturated heterocycles. The highest BCUT2D eigenvalue weighted by Crippen LogP contribution is 2.34. The van der Waals surface area contributed by atoms with E-state index in [2.05, 4.69) is 11.2 Å². The van der Waals surface area contributed by atoms with E-state index in [1.165, 1.54) is 0 Å². The van der Waals surface area contributed by atoms with Crippen LogP contribution in [0.5, 0.6) is 11.5 Å². The van der Waals surface area contributed by atoms with Gasteiger partial charge in [0.2, 0.25) is 13.4 Å². The Kier molecular flexibility index (Phi) is 6.21. The van der Waals surface area contributed by atoms with E-state index in [4.69, 9.17) is 19.0 Å². The maximum atomic E-state index is 12.6. The Labute approximate surface area is 175 Å². The number of nitrogens with zero attached hydrogens (tertiary/aromatic N) is 2. The summed E-state index contributed by atoms with van der Waals surface area (Å²) in [5.74, 6) is 0.538. The van der Waals surface area contributed by atoms with Gasteiger partial charge in [0.25, 0.3) is 5.91 Å². The Morgan fingerprint density at radius 2 is 2.00 bits per heavy atom. The molecule has 0 atom stereocenters. The van der Waals surface area contributed by atoms with Crippen LogP contribution in [0.25, 0.3) is 0 Å². The van der Waals surface area contributed by atoms with Crippen molar-refractivity contribution < 1.29 is 28.6 Å². The molecule has 3 aliphatic rings. The van der Waals surface area contributed by atoms with Crippen molar-refractivity contribution in [3.05, 3.63) is 35.5 Å². The first-order chi connectivity index (χ1) is 14.6. The van der Waals surface area contributed by atoms with Crippen LogP contribution in [0.1, 0.15) is 51.0 Å². The monoisotopic (exact) mass is 414 g/mol. The number of hydrogen-bond acceptors (Lipinski definition) is 7. The van der Waals surface area contributed by atoms with Crippen molar-refractivity contribution in [2.24, 2.45) is 5.16 Å². The van der Waals surface area contributed by atoms with E-state index in [-0.39, 0.29) is 32.0 Å². The summed E-state index contributed by atoms with van der Waals surface area (Å²) in [6.45, 7) is 1.32. The molecule has 0 radical (unpaired) electrons. The van der Waals surface area contributed by atoms with E-state index < -0.39 is 5.97 Å². The topological polar surface area (TPSA) is 86.7 Å². The third kappa shape index (κ3) is 4.93. The molecule has 8 heteroatoms. The standard InChI is InChI=1S/C22H26N2O6/c1-15(16-7-10-19-20(11-16)29-14-28-19)23-30-13-22(26)27-12-21(25)24(18-8-9-18)17-5-3-2-4-6-17/h5,7,10-11,18H,2-4,6,8-9,12-14H2,1H3/b23-15+. The zero-order valence-electron chi connectivity index (χ0n) is 17.1. The molecule has 1 heterocycles. The molecule has 160 valence electrons. The highest BCUT2D eigenvalue weighted by atomic mass is 16.7. The van der Waals surface area contributed by atoms with Gasteiger partial charge in [0.05, 0.1) is 5.71 Å². The predicted molar refractivity (Wildman–Crippen MR) is 108 cm³/mol. The lowest BCUT2D eigenvalue weighted by molar-refractivity contribution is -0.155. The van der Waals surface area contributed by atoms with Gasteiger partial charge in [-0.05, 0) is 63.6 Å². The molecule has 0 N–H and O–H groups in total. The minimum atomic E-state index is -0.626. The molecule has 1 aliphatic heterocycles. The summed E-state index contributed by atoms with van der Waals surface area (Å²) < 4.78 is 15.7. The van der Waals surface area contributed by atoms with Gasteiger partial charge in [-0.25, -0.2) is 4.79 Å². The normalized spacial score (nSPS) is 17.9. The number of benzene rings is 1. The van der Waals surface area contributed by atoms with Crippen LogP contribution >= 0.6 is 0 Å². The second-order valence-electron chi connectivity index (χ2n) is 7.62. The molecule has 1 fully saturated rings. The first-order valence-corrected chi connectivity index (χ1v) is 10.3. The summed E-state index contributed by atoms with van der Waals surface area (Å²) in [4.78, 5) is 31.5. The fourth-order valence-electron chi connectivity index (χ4n) is 3.58. The molecule has 1 amide bonds. The number of carbonyl (C=O) groups excluding carboxylic acids is 2. The molecule has 0 spiro atoms. The van der Waals surface area contributed by atoms with Gasteiger partial charge in [0.15, 0.2) is 18.1 Å². The molecule has 1 aromatic rings. The number of carbonyl (C=O) groups is 2. The molecule has 1 saturated carbocycles. The van der Waals surface area contributed by atoms with Crippen molar-refractivity contribution >= 4 is 17.6 Å². The van der Waals surface area contributed by atoms with Crippen LogP contribution in [0.3, 0.4) is 0 Å². The third-order valence-electron chi connectivity index (χ3n) is 5.29. The molecule has 0 aromatic heterocycles. The number of ether oxygens (including phenoxy) is 3. The molecule has 2 aliphatic carbocycles. The second kappa shape index (κ2) is 9.19. The Bertz CT molecular complexity index is 874. The van der Waals surface area contributed by atoms with Crippen molar-refractivity contribution in [3.8, 4) is 11.5 Å². The molecule has 1 aromatic carbocycles. The summed E-state index contributed by atoms with van der Waals surface area (Å²) in [5, 5.41) is 3.95. The minimum absolute atomic E-state index is 0.168. The first kappa shape index (κ1) is 20.3. The van der Waals surface area contributed by atoms with Gasteiger partial charge in [0.1, 0.15) is 0 Å². The van der Waals surface area contributed by atoms with Crippen LogP contribution in [-0.4, -0.2) is 48.5 Å². The molecule has 8 nitrogen and oxygen atoms in total. The Morgan fingerprint density at radius 1 is 1.17 bits per heavy atom. The van der Waals surface area contributed by atoms with Gasteiger partial charge in [-0.2, -0.15) is 0 Å². The van der Waals surface area contributed by atoms with Gasteiger partial charge in [-0.3, -0.25) is 4.79 Å². The van der Waals surface area contributed by atoms with Gasteiger partial charge in [-0.15, -0.1) is 0 Å². The fourth-order valence-corrected chi connectivity index (χ4v) is 3.58. The Balaban J connectivity index is 1.24. The molecular weight excluding hydrogens is 388 g/mol. The average Bonchev–Trinajstić information content (AvgIpc) is 3.47. The van der Waals surface area contributed by atoms with Gasteiger partial charge < -0.3 is 23.9 Å². The zero-order chi connectivity index (χ0) is 20.9. The van der Waals surface area contributed by atoms with Crippen LogP contribution in [0, 0.1) is 0 Å². The maximum absolute atomic E-state index is 12.6. The van der Waals surface area contributed by atoms with Crippen LogP contribution in [0.15, 0.2) is 35.1 Å². The van der Waals surface area contributed by atoms with Crippen LogP contribution in [0.2, 0.25) is 0 Å². The highest BCUT2D eigenvalue weighted by molar-refractivity contribution is 5.99. The van der Waals surface area contributed by atoms with Crippen molar-refractivity contribution in [1.29, 1.82) is 0 Å². The Hall–Kier alpha value is -3.03. The predicted octanol–water partition coefficient (Wildman–Crippen LogP) is 3.15. The van der Waals surface area contributed by atoms with Gasteiger partial charge in [-0.1, -0.05) is 11.2 Å². The van der Waals surface area contributed by atoms with Crippen molar-refractivity contribution in [2.45, 2.75) is 51.5 Å². The summed E-state index contributed by atoms with van der Waals surface area (Å²) in [6, 6.07) is 5.68. The number of rotatable bonds is 8. The van der Waals surface area contributed by atoms with E-state index >= 15 is 0 Å². The minimum Gasteiger partial charge on any atom is -0.454 e. The van der Waals surface area contributed by atoms with Crippen LogP contribution in [0.4, 0.5) is 0 Å². The van der Waals surface area contributed by atoms with Gasteiger partial charge >= 0.3 is 5.97 Å². The first-order valence-electron chi connectivity index (χ1n) is 10.3.